The van der Waals surface area contributed by atoms with Crippen molar-refractivity contribution in [2.45, 2.75) is 0 Å². The first kappa shape index (κ1) is 11.6. The van der Waals surface area contributed by atoms with Crippen LogP contribution in [0.1, 0.15) is 5.56 Å². The molecule has 0 amide bonds. The molecular formula is C8H7BrF2N4. The molecule has 4 N–H and O–H groups in total. The lowest BCUT2D eigenvalue weighted by atomic mass is 10.2. The summed E-state index contributed by atoms with van der Waals surface area (Å²) in [5, 5.41) is 6.53. The molecule has 80 valence electrons. The van der Waals surface area contributed by atoms with Gasteiger partial charge in [-0.25, -0.2) is 8.78 Å². The summed E-state index contributed by atoms with van der Waals surface area (Å²) in [6, 6.07) is 2.22. The number of guanidine groups is 1. The largest absolute Gasteiger partial charge is 0.369 e. The van der Waals surface area contributed by atoms with Gasteiger partial charge in [0.15, 0.2) is 0 Å². The Morgan fingerprint density at radius 1 is 1.27 bits per heavy atom. The Hall–Kier alpha value is -1.50. The van der Waals surface area contributed by atoms with Gasteiger partial charge in [-0.2, -0.15) is 5.10 Å². The minimum absolute atomic E-state index is 0.288. The molecule has 0 aliphatic rings. The Labute approximate surface area is 92.8 Å². The first-order valence-corrected chi connectivity index (χ1v) is 4.56. The summed E-state index contributed by atoms with van der Waals surface area (Å²) in [6.45, 7) is 0. The van der Waals surface area contributed by atoms with Crippen LogP contribution in [0.4, 0.5) is 8.78 Å². The van der Waals surface area contributed by atoms with E-state index in [4.69, 9.17) is 11.5 Å². The number of nitrogens with two attached hydrogens (primary N) is 2. The molecule has 0 heterocycles. The first-order chi connectivity index (χ1) is 7.00. The fourth-order valence-electron chi connectivity index (χ4n) is 0.830. The number of hydrogen-bond donors (Lipinski definition) is 2. The Morgan fingerprint density at radius 2 is 1.80 bits per heavy atom. The number of nitrogens with zero attached hydrogens (tertiary/aromatic N) is 2. The summed E-state index contributed by atoms with van der Waals surface area (Å²) in [5.41, 5.74) is 9.65. The lowest BCUT2D eigenvalue weighted by molar-refractivity contribution is 0.578. The van der Waals surface area contributed by atoms with Gasteiger partial charge in [-0.15, -0.1) is 5.10 Å². The Bertz CT molecular complexity index is 404. The molecule has 1 aromatic rings. The maximum atomic E-state index is 13.2. The third-order valence-electron chi connectivity index (χ3n) is 1.40. The molecule has 0 bridgehead atoms. The monoisotopic (exact) mass is 276 g/mol. The topological polar surface area (TPSA) is 76.8 Å². The molecule has 4 nitrogen and oxygen atoms in total. The average Bonchev–Trinajstić information content (AvgIpc) is 2.08. The van der Waals surface area contributed by atoms with Crippen LogP contribution in [0.15, 0.2) is 26.8 Å². The van der Waals surface area contributed by atoms with Crippen molar-refractivity contribution in [3.63, 3.8) is 0 Å². The highest BCUT2D eigenvalue weighted by molar-refractivity contribution is 9.10. The molecule has 1 aromatic carbocycles. The Morgan fingerprint density at radius 3 is 2.27 bits per heavy atom. The lowest BCUT2D eigenvalue weighted by Gasteiger charge is -1.98. The highest BCUT2D eigenvalue weighted by Gasteiger charge is 2.07. The molecule has 0 atom stereocenters. The van der Waals surface area contributed by atoms with Gasteiger partial charge in [-0.3, -0.25) is 0 Å². The van der Waals surface area contributed by atoms with Crippen LogP contribution in [0.3, 0.4) is 0 Å². The zero-order valence-electron chi connectivity index (χ0n) is 7.42. The van der Waals surface area contributed by atoms with E-state index >= 15 is 0 Å². The molecule has 0 aromatic heterocycles. The van der Waals surface area contributed by atoms with Gasteiger partial charge in [0, 0.05) is 4.47 Å². The molecule has 0 spiro atoms. The molecule has 1 rings (SSSR count). The first-order valence-electron chi connectivity index (χ1n) is 3.77. The highest BCUT2D eigenvalue weighted by atomic mass is 79.9. The van der Waals surface area contributed by atoms with E-state index in [0.717, 1.165) is 18.3 Å². The van der Waals surface area contributed by atoms with Crippen molar-refractivity contribution in [1.82, 2.24) is 0 Å². The highest BCUT2D eigenvalue weighted by Crippen LogP contribution is 2.17. The summed E-state index contributed by atoms with van der Waals surface area (Å²) in [6.07, 6.45) is 0.900. The molecule has 0 saturated carbocycles. The fourth-order valence-corrected chi connectivity index (χ4v) is 1.23. The average molecular weight is 277 g/mol. The van der Waals surface area contributed by atoms with Crippen molar-refractivity contribution in [3.05, 3.63) is 33.8 Å². The van der Waals surface area contributed by atoms with Gasteiger partial charge in [-0.1, -0.05) is 15.9 Å². The summed E-state index contributed by atoms with van der Waals surface area (Å²) in [7, 11) is 0. The van der Waals surface area contributed by atoms with Gasteiger partial charge >= 0.3 is 0 Å². The second-order valence-corrected chi connectivity index (χ2v) is 3.47. The smallest absolute Gasteiger partial charge is 0.211 e. The lowest BCUT2D eigenvalue weighted by Crippen LogP contribution is -2.21. The van der Waals surface area contributed by atoms with E-state index in [1.54, 1.807) is 0 Å². The van der Waals surface area contributed by atoms with Crippen LogP contribution in [0.5, 0.6) is 0 Å². The second kappa shape index (κ2) is 4.83. The van der Waals surface area contributed by atoms with Crippen molar-refractivity contribution >= 4 is 28.1 Å². The molecule has 0 aliphatic heterocycles. The molecule has 0 fully saturated rings. The maximum absolute atomic E-state index is 13.2. The number of benzene rings is 1. The van der Waals surface area contributed by atoms with Crippen LogP contribution >= 0.6 is 15.9 Å². The van der Waals surface area contributed by atoms with Crippen molar-refractivity contribution in [2.75, 3.05) is 0 Å². The van der Waals surface area contributed by atoms with Crippen molar-refractivity contribution in [2.24, 2.45) is 21.7 Å². The van der Waals surface area contributed by atoms with E-state index in [2.05, 4.69) is 26.1 Å². The molecule has 0 radical (unpaired) electrons. The van der Waals surface area contributed by atoms with Gasteiger partial charge in [-0.05, 0) is 12.1 Å². The number of halogens is 3. The van der Waals surface area contributed by atoms with E-state index in [0.29, 0.717) is 4.47 Å². The second-order valence-electron chi connectivity index (χ2n) is 2.55. The predicted octanol–water partition coefficient (Wildman–Crippen LogP) is 1.33. The van der Waals surface area contributed by atoms with E-state index < -0.39 is 11.6 Å². The Balaban J connectivity index is 3.05. The van der Waals surface area contributed by atoms with Gasteiger partial charge in [0.2, 0.25) is 5.96 Å². The van der Waals surface area contributed by atoms with Crippen molar-refractivity contribution in [1.29, 1.82) is 0 Å². The standard InChI is InChI=1S/C8H7BrF2N4/c9-4-1-6(10)5(7(11)2-4)3-14-15-8(12)13/h1-3H,(H4,12,13,15). The quantitative estimate of drug-likeness (QED) is 0.486. The van der Waals surface area contributed by atoms with E-state index in [-0.39, 0.29) is 11.5 Å². The van der Waals surface area contributed by atoms with Crippen molar-refractivity contribution in [3.8, 4) is 0 Å². The SMILES string of the molecule is NC(N)=NN=Cc1c(F)cc(Br)cc1F. The zero-order chi connectivity index (χ0) is 11.4. The molecule has 0 unspecified atom stereocenters. The minimum Gasteiger partial charge on any atom is -0.369 e. The van der Waals surface area contributed by atoms with Crippen LogP contribution in [0, 0.1) is 11.6 Å². The van der Waals surface area contributed by atoms with Crippen LogP contribution in [0.25, 0.3) is 0 Å². The van der Waals surface area contributed by atoms with E-state index in [1.165, 1.54) is 0 Å². The van der Waals surface area contributed by atoms with Crippen LogP contribution in [-0.4, -0.2) is 12.2 Å². The molecule has 15 heavy (non-hydrogen) atoms. The van der Waals surface area contributed by atoms with Gasteiger partial charge in [0.05, 0.1) is 11.8 Å². The summed E-state index contributed by atoms with van der Waals surface area (Å²) >= 11 is 2.95. The molecule has 7 heteroatoms. The maximum Gasteiger partial charge on any atom is 0.211 e. The third kappa shape index (κ3) is 3.28. The van der Waals surface area contributed by atoms with Crippen LogP contribution in [0.2, 0.25) is 0 Å². The zero-order valence-corrected chi connectivity index (χ0v) is 9.00. The van der Waals surface area contributed by atoms with Crippen molar-refractivity contribution < 1.29 is 8.78 Å². The minimum atomic E-state index is -0.753. The van der Waals surface area contributed by atoms with Crippen LogP contribution < -0.4 is 11.5 Å². The number of rotatable bonds is 2. The molecular weight excluding hydrogens is 270 g/mol. The summed E-state index contributed by atoms with van der Waals surface area (Å²) in [5.74, 6) is -1.79. The van der Waals surface area contributed by atoms with E-state index in [9.17, 15) is 8.78 Å². The van der Waals surface area contributed by atoms with Crippen LogP contribution in [-0.2, 0) is 0 Å². The summed E-state index contributed by atoms with van der Waals surface area (Å²) in [4.78, 5) is 0. The van der Waals surface area contributed by atoms with E-state index in [1.807, 2.05) is 0 Å². The van der Waals surface area contributed by atoms with Gasteiger partial charge < -0.3 is 11.5 Å². The molecule has 0 saturated heterocycles. The van der Waals surface area contributed by atoms with Gasteiger partial charge in [0.1, 0.15) is 11.6 Å². The third-order valence-corrected chi connectivity index (χ3v) is 1.86. The normalized spacial score (nSPS) is 10.6. The van der Waals surface area contributed by atoms with Gasteiger partial charge in [0.25, 0.3) is 0 Å². The summed E-state index contributed by atoms with van der Waals surface area (Å²) < 4.78 is 26.6. The Kier molecular flexibility index (Phi) is 3.73. The predicted molar refractivity (Wildman–Crippen MR) is 57.5 cm³/mol. The number of hydrogen-bond acceptors (Lipinski definition) is 2. The molecule has 0 aliphatic carbocycles. The fraction of sp³-hybridized carbons (Fsp3) is 0.